The number of amides is 1. The molecule has 4 aromatic carbocycles. The molecule has 1 aliphatic heterocycles. The second kappa shape index (κ2) is 11.4. The number of allylic oxidation sites excluding steroid dienone is 1. The molecule has 2 unspecified atom stereocenters. The molecule has 6 heteroatoms. The summed E-state index contributed by atoms with van der Waals surface area (Å²) in [5, 5.41) is 0. The van der Waals surface area contributed by atoms with Gasteiger partial charge in [-0.3, -0.25) is 4.79 Å². The third kappa shape index (κ3) is 5.65. The number of benzene rings is 4. The Balaban J connectivity index is 1.49. The molecular weight excluding hydrogens is 499 g/mol. The summed E-state index contributed by atoms with van der Waals surface area (Å²) in [5.41, 5.74) is 3.80. The van der Waals surface area contributed by atoms with Crippen LogP contribution in [0.25, 0.3) is 5.57 Å². The summed E-state index contributed by atoms with van der Waals surface area (Å²) in [4.78, 5) is 15.2. The zero-order valence-electron chi connectivity index (χ0n) is 21.1. The van der Waals surface area contributed by atoms with Crippen LogP contribution in [-0.4, -0.2) is 12.5 Å². The maximum absolute atomic E-state index is 13.6. The van der Waals surface area contributed by atoms with Crippen molar-refractivity contribution in [3.8, 4) is 5.75 Å². The van der Waals surface area contributed by atoms with Crippen molar-refractivity contribution < 1.29 is 22.7 Å². The van der Waals surface area contributed by atoms with Crippen molar-refractivity contribution in [2.24, 2.45) is 5.92 Å². The van der Waals surface area contributed by atoms with Gasteiger partial charge in [-0.15, -0.1) is 0 Å². The zero-order chi connectivity index (χ0) is 27.4. The van der Waals surface area contributed by atoms with Gasteiger partial charge in [-0.05, 0) is 89.3 Å². The molecule has 0 saturated carbocycles. The van der Waals surface area contributed by atoms with Gasteiger partial charge in [0.25, 0.3) is 0 Å². The lowest BCUT2D eigenvalue weighted by atomic mass is 9.79. The first-order chi connectivity index (χ1) is 18.9. The SMILES string of the molecule is C=CCOc1ccc(C2C(CC=C(c3ccc(F)cc3)c3ccc(F)cc3)C(=O)N2c2ccc(F)cc2)cc1. The van der Waals surface area contributed by atoms with Gasteiger partial charge in [-0.25, -0.2) is 13.2 Å². The van der Waals surface area contributed by atoms with Crippen LogP contribution in [0.15, 0.2) is 116 Å². The summed E-state index contributed by atoms with van der Waals surface area (Å²) in [6.07, 6.45) is 4.00. The molecule has 1 saturated heterocycles. The maximum Gasteiger partial charge on any atom is 0.233 e. The van der Waals surface area contributed by atoms with E-state index in [1.807, 2.05) is 30.3 Å². The molecule has 1 amide bonds. The fourth-order valence-electron chi connectivity index (χ4n) is 4.87. The molecule has 3 nitrogen and oxygen atoms in total. The van der Waals surface area contributed by atoms with Gasteiger partial charge >= 0.3 is 0 Å². The zero-order valence-corrected chi connectivity index (χ0v) is 21.1. The van der Waals surface area contributed by atoms with Crippen molar-refractivity contribution in [1.29, 1.82) is 0 Å². The second-order valence-corrected chi connectivity index (χ2v) is 9.27. The molecule has 0 N–H and O–H groups in total. The van der Waals surface area contributed by atoms with Crippen molar-refractivity contribution in [2.75, 3.05) is 11.5 Å². The number of hydrogen-bond donors (Lipinski definition) is 0. The molecule has 196 valence electrons. The highest BCUT2D eigenvalue weighted by Gasteiger charge is 2.48. The van der Waals surface area contributed by atoms with Crippen LogP contribution in [0.3, 0.4) is 0 Å². The van der Waals surface area contributed by atoms with Gasteiger partial charge in [-0.1, -0.05) is 55.1 Å². The molecule has 0 bridgehead atoms. The Morgan fingerprint density at radius 3 is 1.79 bits per heavy atom. The van der Waals surface area contributed by atoms with Crippen LogP contribution in [0.4, 0.5) is 18.9 Å². The van der Waals surface area contributed by atoms with Crippen molar-refractivity contribution in [2.45, 2.75) is 12.5 Å². The van der Waals surface area contributed by atoms with E-state index in [1.54, 1.807) is 47.4 Å². The first kappa shape index (κ1) is 26.0. The van der Waals surface area contributed by atoms with Gasteiger partial charge in [-0.2, -0.15) is 0 Å². The normalized spacial score (nSPS) is 16.4. The van der Waals surface area contributed by atoms with E-state index in [0.29, 0.717) is 24.5 Å². The average molecular weight is 526 g/mol. The van der Waals surface area contributed by atoms with Crippen molar-refractivity contribution >= 4 is 17.2 Å². The molecule has 0 spiro atoms. The highest BCUT2D eigenvalue weighted by atomic mass is 19.1. The lowest BCUT2D eigenvalue weighted by Gasteiger charge is -2.47. The second-order valence-electron chi connectivity index (χ2n) is 9.27. The minimum atomic E-state index is -0.397. The van der Waals surface area contributed by atoms with E-state index in [-0.39, 0.29) is 29.4 Å². The molecule has 5 rings (SSSR count). The van der Waals surface area contributed by atoms with E-state index >= 15 is 0 Å². The molecule has 1 heterocycles. The van der Waals surface area contributed by atoms with E-state index in [2.05, 4.69) is 6.58 Å². The number of halogens is 3. The Morgan fingerprint density at radius 1 is 0.769 bits per heavy atom. The number of carbonyl (C=O) groups excluding carboxylic acids is 1. The van der Waals surface area contributed by atoms with Gasteiger partial charge in [0.15, 0.2) is 0 Å². The molecule has 0 radical (unpaired) electrons. The summed E-state index contributed by atoms with van der Waals surface area (Å²) < 4.78 is 46.5. The number of carbonyl (C=O) groups is 1. The number of β-lactam (4-membered cyclic amide) rings is 1. The van der Waals surface area contributed by atoms with Crippen LogP contribution in [0.1, 0.15) is 29.2 Å². The quantitative estimate of drug-likeness (QED) is 0.164. The van der Waals surface area contributed by atoms with Crippen molar-refractivity contribution in [3.63, 3.8) is 0 Å². The minimum Gasteiger partial charge on any atom is -0.490 e. The number of rotatable bonds is 9. The van der Waals surface area contributed by atoms with E-state index < -0.39 is 5.92 Å². The van der Waals surface area contributed by atoms with E-state index in [4.69, 9.17) is 4.74 Å². The Morgan fingerprint density at radius 2 is 1.28 bits per heavy atom. The number of ether oxygens (including phenoxy) is 1. The third-order valence-electron chi connectivity index (χ3n) is 6.79. The van der Waals surface area contributed by atoms with Crippen LogP contribution in [0.5, 0.6) is 5.75 Å². The Kier molecular flexibility index (Phi) is 7.64. The summed E-state index contributed by atoms with van der Waals surface area (Å²) in [7, 11) is 0. The molecule has 4 aromatic rings. The first-order valence-corrected chi connectivity index (χ1v) is 12.6. The summed E-state index contributed by atoms with van der Waals surface area (Å²) in [6.45, 7) is 4.04. The van der Waals surface area contributed by atoms with Gasteiger partial charge in [0, 0.05) is 5.69 Å². The van der Waals surface area contributed by atoms with Crippen molar-refractivity contribution in [1.82, 2.24) is 0 Å². The first-order valence-electron chi connectivity index (χ1n) is 12.6. The molecular formula is C33H26F3NO2. The Hall–Kier alpha value is -4.58. The minimum absolute atomic E-state index is 0.0904. The molecule has 0 aromatic heterocycles. The fourth-order valence-corrected chi connectivity index (χ4v) is 4.87. The van der Waals surface area contributed by atoms with Gasteiger partial charge in [0.05, 0.1) is 12.0 Å². The Bertz CT molecular complexity index is 1430. The lowest BCUT2D eigenvalue weighted by Crippen LogP contribution is -2.55. The van der Waals surface area contributed by atoms with Gasteiger partial charge < -0.3 is 9.64 Å². The molecule has 1 fully saturated rings. The van der Waals surface area contributed by atoms with Crippen molar-refractivity contribution in [3.05, 3.63) is 150 Å². The number of anilines is 1. The summed E-state index contributed by atoms with van der Waals surface area (Å²) >= 11 is 0. The smallest absolute Gasteiger partial charge is 0.233 e. The maximum atomic E-state index is 13.6. The lowest BCUT2D eigenvalue weighted by molar-refractivity contribution is -0.130. The van der Waals surface area contributed by atoms with Crippen LogP contribution in [0.2, 0.25) is 0 Å². The topological polar surface area (TPSA) is 29.5 Å². The van der Waals surface area contributed by atoms with E-state index in [1.165, 1.54) is 36.4 Å². The monoisotopic (exact) mass is 525 g/mol. The van der Waals surface area contributed by atoms with E-state index in [9.17, 15) is 18.0 Å². The molecule has 2 atom stereocenters. The molecule has 1 aliphatic rings. The van der Waals surface area contributed by atoms with Crippen LogP contribution >= 0.6 is 0 Å². The number of hydrogen-bond acceptors (Lipinski definition) is 2. The Labute approximate surface area is 225 Å². The highest BCUT2D eigenvalue weighted by Crippen LogP contribution is 2.46. The van der Waals surface area contributed by atoms with Crippen LogP contribution in [-0.2, 0) is 4.79 Å². The highest BCUT2D eigenvalue weighted by molar-refractivity contribution is 6.03. The predicted molar refractivity (Wildman–Crippen MR) is 147 cm³/mol. The van der Waals surface area contributed by atoms with Gasteiger partial charge in [0.2, 0.25) is 5.91 Å². The predicted octanol–water partition coefficient (Wildman–Crippen LogP) is 7.89. The number of nitrogens with zero attached hydrogens (tertiary/aromatic N) is 1. The largest absolute Gasteiger partial charge is 0.490 e. The standard InChI is InChI=1S/C33H26F3NO2/c1-2-21-39-29-17-7-24(8-18-29)32-31(33(38)37(32)28-15-13-27(36)14-16-28)20-19-30(22-3-9-25(34)10-4-22)23-5-11-26(35)12-6-23/h2-19,31-32H,1,20-21H2. The molecule has 0 aliphatic carbocycles. The third-order valence-corrected chi connectivity index (χ3v) is 6.79. The van der Waals surface area contributed by atoms with Crippen LogP contribution in [0, 0.1) is 23.4 Å². The summed E-state index contributed by atoms with van der Waals surface area (Å²) in [5.74, 6) is -0.902. The van der Waals surface area contributed by atoms with Crippen LogP contribution < -0.4 is 9.64 Å². The fraction of sp³-hybridized carbons (Fsp3) is 0.121. The van der Waals surface area contributed by atoms with E-state index in [0.717, 1.165) is 22.3 Å². The molecule has 39 heavy (non-hydrogen) atoms. The summed E-state index contributed by atoms with van der Waals surface area (Å²) in [6, 6.07) is 25.2. The van der Waals surface area contributed by atoms with Gasteiger partial charge in [0.1, 0.15) is 29.8 Å². The average Bonchev–Trinajstić information content (AvgIpc) is 2.95.